The molecule has 0 saturated heterocycles. The highest BCUT2D eigenvalue weighted by atomic mass is 79.9. The summed E-state index contributed by atoms with van der Waals surface area (Å²) in [6.45, 7) is 2.02. The first kappa shape index (κ1) is 14.2. The van der Waals surface area contributed by atoms with Crippen LogP contribution >= 0.6 is 27.3 Å². The van der Waals surface area contributed by atoms with Crippen molar-refractivity contribution in [1.82, 2.24) is 5.16 Å². The molecule has 0 atom stereocenters. The van der Waals surface area contributed by atoms with Crippen LogP contribution in [0.5, 0.6) is 5.75 Å². The molecule has 21 heavy (non-hydrogen) atoms. The predicted molar refractivity (Wildman–Crippen MR) is 88.7 cm³/mol. The number of aromatic nitrogens is 1. The lowest BCUT2D eigenvalue weighted by atomic mass is 10.0. The Hall–Kier alpha value is -1.79. The van der Waals surface area contributed by atoms with Crippen molar-refractivity contribution in [1.29, 1.82) is 0 Å². The van der Waals surface area contributed by atoms with Gasteiger partial charge in [0.1, 0.15) is 5.75 Å². The molecular formula is C15H13BrN2O2S. The number of thiophene rings is 1. The first-order valence-corrected chi connectivity index (χ1v) is 7.92. The van der Waals surface area contributed by atoms with E-state index < -0.39 is 0 Å². The molecule has 0 spiro atoms. The maximum Gasteiger partial charge on any atom is 0.188 e. The highest BCUT2D eigenvalue weighted by molar-refractivity contribution is 9.10. The molecule has 6 heteroatoms. The van der Waals surface area contributed by atoms with E-state index in [2.05, 4.69) is 21.1 Å². The van der Waals surface area contributed by atoms with Crippen LogP contribution in [0.3, 0.4) is 0 Å². The number of rotatable bonds is 3. The zero-order valence-corrected chi connectivity index (χ0v) is 13.9. The number of aryl methyl sites for hydroxylation is 1. The van der Waals surface area contributed by atoms with Gasteiger partial charge < -0.3 is 15.0 Å². The number of halogens is 1. The summed E-state index contributed by atoms with van der Waals surface area (Å²) in [5, 5.41) is 5.91. The van der Waals surface area contributed by atoms with Crippen LogP contribution in [-0.4, -0.2) is 12.3 Å². The quantitative estimate of drug-likeness (QED) is 0.729. The lowest BCUT2D eigenvalue weighted by Crippen LogP contribution is -1.93. The Morgan fingerprint density at radius 3 is 2.81 bits per heavy atom. The van der Waals surface area contributed by atoms with E-state index >= 15 is 0 Å². The summed E-state index contributed by atoms with van der Waals surface area (Å²) in [6.07, 6.45) is 0. The van der Waals surface area contributed by atoms with Gasteiger partial charge in [0.25, 0.3) is 0 Å². The highest BCUT2D eigenvalue weighted by Gasteiger charge is 2.23. The normalized spacial score (nSPS) is 10.8. The first-order chi connectivity index (χ1) is 10.1. The maximum absolute atomic E-state index is 6.03. The van der Waals surface area contributed by atoms with Gasteiger partial charge in [0.15, 0.2) is 11.6 Å². The van der Waals surface area contributed by atoms with Gasteiger partial charge >= 0.3 is 0 Å². The average molecular weight is 365 g/mol. The third-order valence-electron chi connectivity index (χ3n) is 3.17. The van der Waals surface area contributed by atoms with E-state index in [1.807, 2.05) is 36.6 Å². The molecular weight excluding hydrogens is 352 g/mol. The van der Waals surface area contributed by atoms with E-state index in [1.54, 1.807) is 18.4 Å². The van der Waals surface area contributed by atoms with Crippen LogP contribution in [0.15, 0.2) is 38.6 Å². The van der Waals surface area contributed by atoms with Gasteiger partial charge in [0.2, 0.25) is 0 Å². The molecule has 0 radical (unpaired) electrons. The number of ether oxygens (including phenoxy) is 1. The van der Waals surface area contributed by atoms with E-state index in [0.717, 1.165) is 31.8 Å². The number of methoxy groups -OCH3 is 1. The molecule has 3 aromatic rings. The van der Waals surface area contributed by atoms with E-state index in [1.165, 1.54) is 0 Å². The molecule has 2 N–H and O–H groups in total. The molecule has 3 rings (SSSR count). The number of hydrogen-bond donors (Lipinski definition) is 1. The summed E-state index contributed by atoms with van der Waals surface area (Å²) in [4.78, 5) is 0.956. The molecule has 108 valence electrons. The number of nitrogen functional groups attached to an aromatic ring is 1. The molecule has 1 aromatic carbocycles. The van der Waals surface area contributed by atoms with Crippen LogP contribution in [-0.2, 0) is 0 Å². The van der Waals surface area contributed by atoms with Crippen molar-refractivity contribution in [2.75, 3.05) is 12.8 Å². The Balaban J connectivity index is 2.27. The first-order valence-electron chi connectivity index (χ1n) is 6.25. The fourth-order valence-electron chi connectivity index (χ4n) is 2.19. The van der Waals surface area contributed by atoms with Crippen LogP contribution in [0.25, 0.3) is 21.8 Å². The zero-order valence-electron chi connectivity index (χ0n) is 11.5. The number of nitrogens with zero attached hydrogens (tertiary/aromatic N) is 1. The van der Waals surface area contributed by atoms with Crippen LogP contribution in [0.2, 0.25) is 0 Å². The smallest absolute Gasteiger partial charge is 0.188 e. The Morgan fingerprint density at radius 1 is 1.33 bits per heavy atom. The SMILES string of the molecule is COc1ccc(C)cc1-c1c(N)noc1-c1sccc1Br. The Bertz CT molecular complexity index is 795. The minimum Gasteiger partial charge on any atom is -0.496 e. The Labute approximate surface area is 134 Å². The molecule has 0 amide bonds. The summed E-state index contributed by atoms with van der Waals surface area (Å²) in [6, 6.07) is 7.90. The van der Waals surface area contributed by atoms with Gasteiger partial charge in [-0.3, -0.25) is 0 Å². The minimum atomic E-state index is 0.356. The van der Waals surface area contributed by atoms with Crippen molar-refractivity contribution in [3.63, 3.8) is 0 Å². The fraction of sp³-hybridized carbons (Fsp3) is 0.133. The van der Waals surface area contributed by atoms with Crippen molar-refractivity contribution >= 4 is 33.1 Å². The van der Waals surface area contributed by atoms with Crippen molar-refractivity contribution < 1.29 is 9.26 Å². The molecule has 0 saturated carbocycles. The van der Waals surface area contributed by atoms with Gasteiger partial charge in [-0.2, -0.15) is 0 Å². The maximum atomic E-state index is 6.03. The van der Waals surface area contributed by atoms with Gasteiger partial charge in [-0.05, 0) is 46.4 Å². The molecule has 0 aliphatic heterocycles. The van der Waals surface area contributed by atoms with Crippen molar-refractivity contribution in [2.45, 2.75) is 6.92 Å². The highest BCUT2D eigenvalue weighted by Crippen LogP contribution is 2.45. The van der Waals surface area contributed by atoms with Gasteiger partial charge in [-0.15, -0.1) is 11.3 Å². The second-order valence-corrected chi connectivity index (χ2v) is 6.34. The van der Waals surface area contributed by atoms with Gasteiger partial charge in [-0.1, -0.05) is 16.8 Å². The predicted octanol–water partition coefficient (Wildman–Crippen LogP) is 4.73. The van der Waals surface area contributed by atoms with Crippen molar-refractivity contribution in [3.8, 4) is 27.5 Å². The van der Waals surface area contributed by atoms with E-state index in [0.29, 0.717) is 11.6 Å². The zero-order chi connectivity index (χ0) is 15.0. The second-order valence-electron chi connectivity index (χ2n) is 4.57. The summed E-state index contributed by atoms with van der Waals surface area (Å²) < 4.78 is 11.9. The largest absolute Gasteiger partial charge is 0.496 e. The topological polar surface area (TPSA) is 61.3 Å². The van der Waals surface area contributed by atoms with Crippen molar-refractivity contribution in [3.05, 3.63) is 39.7 Å². The summed E-state index contributed by atoms with van der Waals surface area (Å²) in [5.74, 6) is 1.75. The number of nitrogens with two attached hydrogens (primary N) is 1. The average Bonchev–Trinajstić information content (AvgIpc) is 3.04. The van der Waals surface area contributed by atoms with Crippen LogP contribution in [0, 0.1) is 6.92 Å². The third-order valence-corrected chi connectivity index (χ3v) is 5.00. The van der Waals surface area contributed by atoms with Crippen LogP contribution < -0.4 is 10.5 Å². The lowest BCUT2D eigenvalue weighted by molar-refractivity contribution is 0.416. The molecule has 0 unspecified atom stereocenters. The minimum absolute atomic E-state index is 0.356. The second kappa shape index (κ2) is 5.54. The number of benzene rings is 1. The van der Waals surface area contributed by atoms with Crippen LogP contribution in [0.1, 0.15) is 5.56 Å². The van der Waals surface area contributed by atoms with E-state index in [-0.39, 0.29) is 0 Å². The third kappa shape index (κ3) is 2.45. The van der Waals surface area contributed by atoms with Gasteiger partial charge in [0, 0.05) is 10.0 Å². The molecule has 0 fully saturated rings. The number of hydrogen-bond acceptors (Lipinski definition) is 5. The summed E-state index contributed by atoms with van der Waals surface area (Å²) >= 11 is 5.09. The Kier molecular flexibility index (Phi) is 3.73. The molecule has 2 aromatic heterocycles. The molecule has 4 nitrogen and oxygen atoms in total. The van der Waals surface area contributed by atoms with E-state index in [9.17, 15) is 0 Å². The molecule has 2 heterocycles. The monoisotopic (exact) mass is 364 g/mol. The van der Waals surface area contributed by atoms with E-state index in [4.69, 9.17) is 15.0 Å². The summed E-state index contributed by atoms with van der Waals surface area (Å²) in [7, 11) is 1.64. The van der Waals surface area contributed by atoms with Crippen LogP contribution in [0.4, 0.5) is 5.82 Å². The number of anilines is 1. The fourth-order valence-corrected chi connectivity index (χ4v) is 3.73. The summed E-state index contributed by atoms with van der Waals surface area (Å²) in [5.41, 5.74) is 8.79. The van der Waals surface area contributed by atoms with Gasteiger partial charge in [0.05, 0.1) is 17.6 Å². The molecule has 0 bridgehead atoms. The Morgan fingerprint density at radius 2 is 2.14 bits per heavy atom. The van der Waals surface area contributed by atoms with Crippen molar-refractivity contribution in [2.24, 2.45) is 0 Å². The molecule has 0 aliphatic carbocycles. The standard InChI is InChI=1S/C15H13BrN2O2S/c1-8-3-4-11(19-2)9(7-8)12-13(20-18-15(12)17)14-10(16)5-6-21-14/h3-7H,1-2H3,(H2,17,18). The van der Waals surface area contributed by atoms with Gasteiger partial charge in [-0.25, -0.2) is 0 Å². The lowest BCUT2D eigenvalue weighted by Gasteiger charge is -2.09. The molecule has 0 aliphatic rings.